The van der Waals surface area contributed by atoms with Gasteiger partial charge in [-0.3, -0.25) is 19.5 Å². The molecule has 1 amide bonds. The monoisotopic (exact) mass is 408 g/mol. The van der Waals surface area contributed by atoms with Crippen LogP contribution in [0.4, 0.5) is 0 Å². The van der Waals surface area contributed by atoms with Gasteiger partial charge in [-0.1, -0.05) is 30.3 Å². The van der Waals surface area contributed by atoms with E-state index in [-0.39, 0.29) is 18.9 Å². The first kappa shape index (κ1) is 21.1. The van der Waals surface area contributed by atoms with Crippen molar-refractivity contribution in [2.45, 2.75) is 31.8 Å². The Kier molecular flexibility index (Phi) is 7.23. The number of nitrogens with two attached hydrogens (primary N) is 1. The van der Waals surface area contributed by atoms with Crippen molar-refractivity contribution in [2.75, 3.05) is 6.54 Å². The summed E-state index contributed by atoms with van der Waals surface area (Å²) < 4.78 is 1.80. The van der Waals surface area contributed by atoms with Gasteiger partial charge in [-0.25, -0.2) is 9.67 Å². The van der Waals surface area contributed by atoms with E-state index in [1.807, 2.05) is 18.2 Å². The zero-order valence-electron chi connectivity index (χ0n) is 16.5. The van der Waals surface area contributed by atoms with Crippen LogP contribution in [0.5, 0.6) is 0 Å². The van der Waals surface area contributed by atoms with Crippen LogP contribution in [0.3, 0.4) is 0 Å². The topological polar surface area (TPSA) is 127 Å². The van der Waals surface area contributed by atoms with Gasteiger partial charge in [0.1, 0.15) is 5.82 Å². The van der Waals surface area contributed by atoms with Crippen LogP contribution in [-0.2, 0) is 22.6 Å². The Morgan fingerprint density at radius 1 is 1.23 bits per heavy atom. The molecule has 9 nitrogen and oxygen atoms in total. The van der Waals surface area contributed by atoms with Gasteiger partial charge >= 0.3 is 0 Å². The van der Waals surface area contributed by atoms with Crippen molar-refractivity contribution in [3.05, 3.63) is 72.1 Å². The van der Waals surface area contributed by atoms with E-state index in [2.05, 4.69) is 44.2 Å². The normalized spacial score (nSPS) is 15.9. The van der Waals surface area contributed by atoms with Gasteiger partial charge < -0.3 is 10.8 Å². The van der Waals surface area contributed by atoms with E-state index in [1.165, 1.54) is 5.56 Å². The van der Waals surface area contributed by atoms with Crippen molar-refractivity contribution in [1.82, 2.24) is 24.6 Å². The first-order valence-electron chi connectivity index (χ1n) is 9.62. The van der Waals surface area contributed by atoms with Crippen molar-refractivity contribution < 1.29 is 14.7 Å². The molecule has 3 aromatic rings. The molecular weight excluding hydrogens is 384 g/mol. The van der Waals surface area contributed by atoms with E-state index >= 15 is 0 Å². The standard InChI is InChI=1S/C20H22N6O.CH2O2/c21-18(27)12-19-23-20(26(24-19)16-8-4-10-22-13-16)17-9-5-11-25(17)14-15-6-2-1-3-7-15;2-1-3/h1-4,6-8,10,13,17H,5,9,11-12,14H2,(H2,21,27);1H,(H,2,3)/t17-;/m0./s1. The number of benzene rings is 1. The van der Waals surface area contributed by atoms with E-state index < -0.39 is 5.91 Å². The molecule has 1 saturated heterocycles. The molecular formula is C21H24N6O3. The molecule has 4 rings (SSSR count). The van der Waals surface area contributed by atoms with E-state index in [1.54, 1.807) is 17.1 Å². The van der Waals surface area contributed by atoms with Crippen LogP contribution in [0.2, 0.25) is 0 Å². The molecule has 156 valence electrons. The minimum atomic E-state index is -0.433. The minimum absolute atomic E-state index is 0.0334. The number of carbonyl (C=O) groups excluding carboxylic acids is 1. The maximum absolute atomic E-state index is 11.4. The smallest absolute Gasteiger partial charge is 0.290 e. The number of carboxylic acid groups (broad SMARTS) is 1. The molecule has 0 aliphatic carbocycles. The third-order valence-corrected chi connectivity index (χ3v) is 4.79. The van der Waals surface area contributed by atoms with E-state index in [4.69, 9.17) is 15.6 Å². The first-order chi connectivity index (χ1) is 14.6. The molecule has 3 N–H and O–H groups in total. The number of likely N-dealkylation sites (tertiary alicyclic amines) is 1. The fourth-order valence-electron chi connectivity index (χ4n) is 3.61. The van der Waals surface area contributed by atoms with Crippen LogP contribution in [-0.4, -0.2) is 48.7 Å². The van der Waals surface area contributed by atoms with Crippen molar-refractivity contribution in [2.24, 2.45) is 5.73 Å². The van der Waals surface area contributed by atoms with Gasteiger partial charge in [-0.15, -0.1) is 0 Å². The highest BCUT2D eigenvalue weighted by atomic mass is 16.3. The Balaban J connectivity index is 0.000000806. The molecule has 9 heteroatoms. The molecule has 0 unspecified atom stereocenters. The molecule has 0 radical (unpaired) electrons. The second-order valence-corrected chi connectivity index (χ2v) is 6.87. The van der Waals surface area contributed by atoms with Gasteiger partial charge in [0.15, 0.2) is 5.82 Å². The Labute approximate surface area is 174 Å². The number of aromatic nitrogens is 4. The zero-order chi connectivity index (χ0) is 21.3. The summed E-state index contributed by atoms with van der Waals surface area (Å²) in [7, 11) is 0. The molecule has 0 bridgehead atoms. The summed E-state index contributed by atoms with van der Waals surface area (Å²) in [4.78, 5) is 31.0. The molecule has 1 fully saturated rings. The Morgan fingerprint density at radius 3 is 2.67 bits per heavy atom. The van der Waals surface area contributed by atoms with Gasteiger partial charge in [-0.05, 0) is 37.1 Å². The number of amides is 1. The van der Waals surface area contributed by atoms with E-state index in [9.17, 15) is 4.79 Å². The Morgan fingerprint density at radius 2 is 2.00 bits per heavy atom. The molecule has 3 heterocycles. The highest BCUT2D eigenvalue weighted by Crippen LogP contribution is 2.33. The van der Waals surface area contributed by atoms with Crippen LogP contribution < -0.4 is 5.73 Å². The van der Waals surface area contributed by atoms with Crippen molar-refractivity contribution in [3.63, 3.8) is 0 Å². The third-order valence-electron chi connectivity index (χ3n) is 4.79. The van der Waals surface area contributed by atoms with Gasteiger partial charge in [-0.2, -0.15) is 5.10 Å². The van der Waals surface area contributed by atoms with Crippen LogP contribution in [0.25, 0.3) is 5.69 Å². The van der Waals surface area contributed by atoms with Gasteiger partial charge in [0.05, 0.1) is 24.3 Å². The average Bonchev–Trinajstić information content (AvgIpc) is 3.36. The van der Waals surface area contributed by atoms with Gasteiger partial charge in [0.2, 0.25) is 5.91 Å². The maximum atomic E-state index is 11.4. The van der Waals surface area contributed by atoms with Crippen LogP contribution in [0, 0.1) is 0 Å². The lowest BCUT2D eigenvalue weighted by molar-refractivity contribution is -0.123. The van der Waals surface area contributed by atoms with E-state index in [0.29, 0.717) is 5.82 Å². The largest absolute Gasteiger partial charge is 0.483 e. The van der Waals surface area contributed by atoms with Crippen LogP contribution in [0.15, 0.2) is 54.9 Å². The summed E-state index contributed by atoms with van der Waals surface area (Å²) in [6.07, 6.45) is 5.61. The highest BCUT2D eigenvalue weighted by Gasteiger charge is 2.31. The highest BCUT2D eigenvalue weighted by molar-refractivity contribution is 5.75. The fraction of sp³-hybridized carbons (Fsp3) is 0.286. The van der Waals surface area contributed by atoms with Crippen LogP contribution in [0.1, 0.15) is 36.1 Å². The molecule has 1 aromatic carbocycles. The lowest BCUT2D eigenvalue weighted by Gasteiger charge is -2.24. The van der Waals surface area contributed by atoms with Gasteiger partial charge in [0.25, 0.3) is 6.47 Å². The lowest BCUT2D eigenvalue weighted by Crippen LogP contribution is -2.25. The van der Waals surface area contributed by atoms with Crippen molar-refractivity contribution >= 4 is 12.4 Å². The number of carbonyl (C=O) groups is 2. The zero-order valence-corrected chi connectivity index (χ0v) is 16.5. The molecule has 1 aliphatic heterocycles. The summed E-state index contributed by atoms with van der Waals surface area (Å²) in [6.45, 7) is 1.61. The third kappa shape index (κ3) is 5.26. The summed E-state index contributed by atoms with van der Waals surface area (Å²) in [6, 6.07) is 14.4. The number of hydrogen-bond donors (Lipinski definition) is 2. The molecule has 2 aromatic heterocycles. The van der Waals surface area contributed by atoms with Gasteiger partial charge in [0, 0.05) is 12.7 Å². The summed E-state index contributed by atoms with van der Waals surface area (Å²) in [5.41, 5.74) is 7.46. The number of primary amides is 1. The van der Waals surface area contributed by atoms with Crippen molar-refractivity contribution in [3.8, 4) is 5.69 Å². The maximum Gasteiger partial charge on any atom is 0.290 e. The Bertz CT molecular complexity index is 961. The number of rotatable bonds is 6. The summed E-state index contributed by atoms with van der Waals surface area (Å²) in [5, 5.41) is 11.4. The molecule has 1 atom stereocenters. The molecule has 0 spiro atoms. The fourth-order valence-corrected chi connectivity index (χ4v) is 3.61. The second kappa shape index (κ2) is 10.3. The average molecular weight is 408 g/mol. The number of nitrogens with zero attached hydrogens (tertiary/aromatic N) is 5. The minimum Gasteiger partial charge on any atom is -0.483 e. The van der Waals surface area contributed by atoms with Crippen molar-refractivity contribution in [1.29, 1.82) is 0 Å². The number of pyridine rings is 1. The molecule has 30 heavy (non-hydrogen) atoms. The first-order valence-corrected chi connectivity index (χ1v) is 9.62. The quantitative estimate of drug-likeness (QED) is 0.595. The molecule has 1 aliphatic rings. The summed E-state index contributed by atoms with van der Waals surface area (Å²) in [5.74, 6) is 0.859. The predicted molar refractivity (Wildman–Crippen MR) is 110 cm³/mol. The predicted octanol–water partition coefficient (Wildman–Crippen LogP) is 1.73. The Hall–Kier alpha value is -3.59. The van der Waals surface area contributed by atoms with Crippen LogP contribution >= 0.6 is 0 Å². The summed E-state index contributed by atoms with van der Waals surface area (Å²) >= 11 is 0. The lowest BCUT2D eigenvalue weighted by atomic mass is 10.1. The number of hydrogen-bond acceptors (Lipinski definition) is 6. The SMILES string of the molecule is NC(=O)Cc1nc([C@@H]2CCCN2Cc2ccccc2)n(-c2cccnc2)n1.O=CO. The molecule has 0 saturated carbocycles. The van der Waals surface area contributed by atoms with E-state index in [0.717, 1.165) is 37.4 Å². The second-order valence-electron chi connectivity index (χ2n) is 6.87.